The summed E-state index contributed by atoms with van der Waals surface area (Å²) in [6, 6.07) is 10.6. The van der Waals surface area contributed by atoms with Crippen LogP contribution in [0.15, 0.2) is 42.5 Å². The molecule has 11 heteroatoms. The van der Waals surface area contributed by atoms with E-state index in [-0.39, 0.29) is 37.7 Å². The minimum Gasteiger partial charge on any atom is -0.350 e. The first-order valence-corrected chi connectivity index (χ1v) is 14.4. The molecule has 0 aliphatic heterocycles. The summed E-state index contributed by atoms with van der Waals surface area (Å²) in [6.07, 6.45) is 1.34. The van der Waals surface area contributed by atoms with Gasteiger partial charge in [0.15, 0.2) is 0 Å². The van der Waals surface area contributed by atoms with Gasteiger partial charge in [-0.05, 0) is 70.5 Å². The standard InChI is InChI=1S/C25H32Cl3N3O4S/c1-17(24(33)29-25(2,3)4)30(16-20-21(27)8-6-9-22(20)28)23(32)10-7-15-31(36(5,34)35)19-13-11-18(26)12-14-19/h6,8-9,11-14,17H,7,10,15-16H2,1-5H3,(H,29,33). The highest BCUT2D eigenvalue weighted by atomic mass is 35.5. The molecule has 0 radical (unpaired) electrons. The van der Waals surface area contributed by atoms with Crippen LogP contribution in [0.25, 0.3) is 0 Å². The summed E-state index contributed by atoms with van der Waals surface area (Å²) < 4.78 is 26.0. The molecule has 0 heterocycles. The molecule has 2 rings (SSSR count). The van der Waals surface area contributed by atoms with Gasteiger partial charge in [-0.15, -0.1) is 0 Å². The number of sulfonamides is 1. The molecule has 2 amide bonds. The number of benzene rings is 2. The number of carbonyl (C=O) groups excluding carboxylic acids is 2. The van der Waals surface area contributed by atoms with Gasteiger partial charge in [-0.25, -0.2) is 8.42 Å². The fraction of sp³-hybridized carbons (Fsp3) is 0.440. The maximum Gasteiger partial charge on any atom is 0.242 e. The Hall–Kier alpha value is -2.00. The second-order valence-corrected chi connectivity index (χ2v) is 12.7. The highest BCUT2D eigenvalue weighted by molar-refractivity contribution is 7.92. The minimum atomic E-state index is -3.59. The van der Waals surface area contributed by atoms with Crippen LogP contribution in [0.4, 0.5) is 5.69 Å². The van der Waals surface area contributed by atoms with Gasteiger partial charge < -0.3 is 10.2 Å². The zero-order valence-corrected chi connectivity index (χ0v) is 24.1. The normalized spacial score (nSPS) is 12.7. The lowest BCUT2D eigenvalue weighted by Crippen LogP contribution is -2.52. The number of hydrogen-bond acceptors (Lipinski definition) is 4. The van der Waals surface area contributed by atoms with Gasteiger partial charge in [0.1, 0.15) is 6.04 Å². The molecule has 1 unspecified atom stereocenters. The van der Waals surface area contributed by atoms with E-state index in [0.29, 0.717) is 26.3 Å². The molecule has 7 nitrogen and oxygen atoms in total. The maximum atomic E-state index is 13.4. The van der Waals surface area contributed by atoms with Crippen LogP contribution >= 0.6 is 34.8 Å². The first-order chi connectivity index (χ1) is 16.6. The van der Waals surface area contributed by atoms with Gasteiger partial charge in [0, 0.05) is 45.7 Å². The summed E-state index contributed by atoms with van der Waals surface area (Å²) in [4.78, 5) is 27.7. The molecule has 0 aromatic heterocycles. The fourth-order valence-electron chi connectivity index (χ4n) is 3.52. The van der Waals surface area contributed by atoms with Crippen molar-refractivity contribution in [1.82, 2.24) is 10.2 Å². The lowest BCUT2D eigenvalue weighted by Gasteiger charge is -2.32. The van der Waals surface area contributed by atoms with Crippen LogP contribution in [0, 0.1) is 0 Å². The van der Waals surface area contributed by atoms with Crippen LogP contribution in [0.2, 0.25) is 15.1 Å². The molecule has 2 aromatic rings. The van der Waals surface area contributed by atoms with Crippen LogP contribution in [0.3, 0.4) is 0 Å². The first-order valence-electron chi connectivity index (χ1n) is 11.4. The Labute approximate surface area is 228 Å². The summed E-state index contributed by atoms with van der Waals surface area (Å²) >= 11 is 18.6. The Morgan fingerprint density at radius 1 is 1.00 bits per heavy atom. The van der Waals surface area contributed by atoms with E-state index in [2.05, 4.69) is 5.32 Å². The van der Waals surface area contributed by atoms with Gasteiger partial charge in [-0.1, -0.05) is 40.9 Å². The molecular formula is C25H32Cl3N3O4S. The van der Waals surface area contributed by atoms with E-state index in [1.165, 1.54) is 9.21 Å². The average molecular weight is 577 g/mol. The quantitative estimate of drug-likeness (QED) is 0.403. The van der Waals surface area contributed by atoms with E-state index < -0.39 is 21.6 Å². The fourth-order valence-corrected chi connectivity index (χ4v) is 5.13. The first kappa shape index (κ1) is 30.2. The maximum absolute atomic E-state index is 13.4. The smallest absolute Gasteiger partial charge is 0.242 e. The van der Waals surface area contributed by atoms with Gasteiger partial charge in [-0.3, -0.25) is 13.9 Å². The van der Waals surface area contributed by atoms with Crippen molar-refractivity contribution in [3.63, 3.8) is 0 Å². The molecule has 1 N–H and O–H groups in total. The van der Waals surface area contributed by atoms with Crippen molar-refractivity contribution in [2.45, 2.75) is 58.7 Å². The SMILES string of the molecule is CC(C(=O)NC(C)(C)C)N(Cc1c(Cl)cccc1Cl)C(=O)CCCN(c1ccc(Cl)cc1)S(C)(=O)=O. The molecule has 0 saturated carbocycles. The van der Waals surface area contributed by atoms with Crippen LogP contribution in [0.5, 0.6) is 0 Å². The summed E-state index contributed by atoms with van der Waals surface area (Å²) in [5, 5.41) is 4.15. The van der Waals surface area contributed by atoms with Crippen LogP contribution in [0.1, 0.15) is 46.1 Å². The second kappa shape index (κ2) is 12.5. The Morgan fingerprint density at radius 3 is 2.06 bits per heavy atom. The van der Waals surface area contributed by atoms with E-state index in [1.807, 2.05) is 20.8 Å². The molecule has 0 saturated heterocycles. The molecule has 0 fully saturated rings. The summed E-state index contributed by atoms with van der Waals surface area (Å²) in [7, 11) is -3.59. The zero-order chi connectivity index (χ0) is 27.3. The van der Waals surface area contributed by atoms with Crippen molar-refractivity contribution >= 4 is 62.3 Å². The van der Waals surface area contributed by atoms with E-state index in [0.717, 1.165) is 6.26 Å². The summed E-state index contributed by atoms with van der Waals surface area (Å²) in [5.74, 6) is -0.648. The van der Waals surface area contributed by atoms with Crippen molar-refractivity contribution in [2.75, 3.05) is 17.1 Å². The van der Waals surface area contributed by atoms with Crippen LogP contribution in [-0.4, -0.2) is 49.5 Å². The summed E-state index contributed by atoms with van der Waals surface area (Å²) in [6.45, 7) is 7.31. The predicted molar refractivity (Wildman–Crippen MR) is 147 cm³/mol. The largest absolute Gasteiger partial charge is 0.350 e. The number of hydrogen-bond donors (Lipinski definition) is 1. The van der Waals surface area contributed by atoms with Crippen molar-refractivity contribution < 1.29 is 18.0 Å². The average Bonchev–Trinajstić information content (AvgIpc) is 2.75. The Kier molecular flexibility index (Phi) is 10.5. The van der Waals surface area contributed by atoms with Gasteiger partial charge in [0.25, 0.3) is 0 Å². The third-order valence-electron chi connectivity index (χ3n) is 5.32. The van der Waals surface area contributed by atoms with Gasteiger partial charge in [-0.2, -0.15) is 0 Å². The zero-order valence-electron chi connectivity index (χ0n) is 21.0. The number of anilines is 1. The molecule has 198 valence electrons. The minimum absolute atomic E-state index is 0.00875. The van der Waals surface area contributed by atoms with Crippen molar-refractivity contribution in [1.29, 1.82) is 0 Å². The van der Waals surface area contributed by atoms with Crippen LogP contribution < -0.4 is 9.62 Å². The van der Waals surface area contributed by atoms with E-state index in [4.69, 9.17) is 34.8 Å². The third kappa shape index (κ3) is 8.83. The van der Waals surface area contributed by atoms with E-state index >= 15 is 0 Å². The number of amides is 2. The number of nitrogens with one attached hydrogen (secondary N) is 1. The topological polar surface area (TPSA) is 86.8 Å². The highest BCUT2D eigenvalue weighted by Crippen LogP contribution is 2.27. The molecule has 36 heavy (non-hydrogen) atoms. The number of halogens is 3. The number of carbonyl (C=O) groups is 2. The Bertz CT molecular complexity index is 1160. The van der Waals surface area contributed by atoms with E-state index in [1.54, 1.807) is 49.4 Å². The molecule has 2 aromatic carbocycles. The van der Waals surface area contributed by atoms with Gasteiger partial charge in [0.2, 0.25) is 21.8 Å². The molecule has 0 aliphatic carbocycles. The lowest BCUT2D eigenvalue weighted by atomic mass is 10.1. The molecular weight excluding hydrogens is 545 g/mol. The molecule has 0 bridgehead atoms. The number of nitrogens with zero attached hydrogens (tertiary/aromatic N) is 2. The molecule has 1 atom stereocenters. The molecule has 0 aliphatic rings. The van der Waals surface area contributed by atoms with Gasteiger partial charge >= 0.3 is 0 Å². The Morgan fingerprint density at radius 2 is 1.56 bits per heavy atom. The van der Waals surface area contributed by atoms with E-state index in [9.17, 15) is 18.0 Å². The van der Waals surface area contributed by atoms with Crippen molar-refractivity contribution in [2.24, 2.45) is 0 Å². The molecule has 0 spiro atoms. The predicted octanol–water partition coefficient (Wildman–Crippen LogP) is 5.53. The summed E-state index contributed by atoms with van der Waals surface area (Å²) in [5.41, 5.74) is 0.493. The van der Waals surface area contributed by atoms with Crippen molar-refractivity contribution in [3.8, 4) is 0 Å². The van der Waals surface area contributed by atoms with Crippen molar-refractivity contribution in [3.05, 3.63) is 63.1 Å². The monoisotopic (exact) mass is 575 g/mol. The van der Waals surface area contributed by atoms with Gasteiger partial charge in [0.05, 0.1) is 11.9 Å². The lowest BCUT2D eigenvalue weighted by molar-refractivity contribution is -0.141. The third-order valence-corrected chi connectivity index (χ3v) is 7.48. The van der Waals surface area contributed by atoms with Crippen LogP contribution in [-0.2, 0) is 26.2 Å². The second-order valence-electron chi connectivity index (χ2n) is 9.55. The number of rotatable bonds is 10. The Balaban J connectivity index is 2.24. The highest BCUT2D eigenvalue weighted by Gasteiger charge is 2.29.